The van der Waals surface area contributed by atoms with Gasteiger partial charge >= 0.3 is 0 Å². The lowest BCUT2D eigenvalue weighted by Crippen LogP contribution is -2.01. The first kappa shape index (κ1) is 9.09. The second-order valence-electron chi connectivity index (χ2n) is 1.84. The van der Waals surface area contributed by atoms with E-state index in [-0.39, 0.29) is 11.4 Å². The largest absolute Gasteiger partial charge is 0.274 e. The zero-order chi connectivity index (χ0) is 9.14. The lowest BCUT2D eigenvalue weighted by molar-refractivity contribution is 0.107. The molecule has 0 aliphatic heterocycles. The van der Waals surface area contributed by atoms with Gasteiger partial charge in [0.05, 0.1) is 12.4 Å². The Balaban J connectivity index is 3.12. The van der Waals surface area contributed by atoms with Crippen LogP contribution in [0.15, 0.2) is 12.4 Å². The van der Waals surface area contributed by atoms with E-state index in [0.29, 0.717) is 0 Å². The summed E-state index contributed by atoms with van der Waals surface area (Å²) in [6, 6.07) is 0. The van der Waals surface area contributed by atoms with E-state index < -0.39 is 10.5 Å². The van der Waals surface area contributed by atoms with Gasteiger partial charge in [-0.15, -0.1) is 0 Å². The third-order valence-electron chi connectivity index (χ3n) is 1.04. The van der Waals surface area contributed by atoms with Crippen LogP contribution in [0.4, 0.5) is 0 Å². The highest BCUT2D eigenvalue weighted by Gasteiger charge is 2.08. The Morgan fingerprint density at radius 2 is 1.50 bits per heavy atom. The molecule has 0 aromatic carbocycles. The number of aromatic nitrogens is 2. The van der Waals surface area contributed by atoms with Gasteiger partial charge in [0.25, 0.3) is 10.5 Å². The van der Waals surface area contributed by atoms with E-state index in [9.17, 15) is 9.59 Å². The molecule has 0 N–H and O–H groups in total. The lowest BCUT2D eigenvalue weighted by Gasteiger charge is -1.93. The van der Waals surface area contributed by atoms with E-state index in [4.69, 9.17) is 23.2 Å². The average molecular weight is 205 g/mol. The Morgan fingerprint density at radius 3 is 1.83 bits per heavy atom. The van der Waals surface area contributed by atoms with E-state index in [0.717, 1.165) is 12.4 Å². The van der Waals surface area contributed by atoms with Gasteiger partial charge in [0, 0.05) is 0 Å². The van der Waals surface area contributed by atoms with Crippen molar-refractivity contribution >= 4 is 33.7 Å². The van der Waals surface area contributed by atoms with Crippen molar-refractivity contribution in [1.82, 2.24) is 9.97 Å². The summed E-state index contributed by atoms with van der Waals surface area (Å²) in [5, 5.41) is -1.55. The van der Waals surface area contributed by atoms with Crippen molar-refractivity contribution < 1.29 is 9.59 Å². The summed E-state index contributed by atoms with van der Waals surface area (Å²) in [5.41, 5.74) is -0.189. The fraction of sp³-hybridized carbons (Fsp3) is 0. The van der Waals surface area contributed by atoms with Gasteiger partial charge in [-0.05, 0) is 23.2 Å². The lowest BCUT2D eigenvalue weighted by atomic mass is 10.4. The Bertz CT molecular complexity index is 311. The van der Waals surface area contributed by atoms with E-state index >= 15 is 0 Å². The highest BCUT2D eigenvalue weighted by atomic mass is 35.5. The van der Waals surface area contributed by atoms with Crippen molar-refractivity contribution in [3.8, 4) is 0 Å². The molecule has 1 aromatic rings. The zero-order valence-electron chi connectivity index (χ0n) is 5.62. The third kappa shape index (κ3) is 1.99. The fourth-order valence-corrected chi connectivity index (χ4v) is 0.737. The maximum Gasteiger partial charge on any atom is 0.272 e. The molecule has 0 unspecified atom stereocenters. The first-order valence-electron chi connectivity index (χ1n) is 2.83. The molecule has 0 fully saturated rings. The molecule has 4 nitrogen and oxygen atoms in total. The molecular formula is C6H2Cl2N2O2. The summed E-state index contributed by atoms with van der Waals surface area (Å²) < 4.78 is 0. The van der Waals surface area contributed by atoms with Crippen molar-refractivity contribution in [3.63, 3.8) is 0 Å². The smallest absolute Gasteiger partial charge is 0.272 e. The summed E-state index contributed by atoms with van der Waals surface area (Å²) in [7, 11) is 0. The molecule has 0 amide bonds. The predicted molar refractivity (Wildman–Crippen MR) is 42.4 cm³/mol. The van der Waals surface area contributed by atoms with Gasteiger partial charge in [-0.1, -0.05) is 0 Å². The summed E-state index contributed by atoms with van der Waals surface area (Å²) >= 11 is 10.2. The minimum atomic E-state index is -0.776. The SMILES string of the molecule is O=C(Cl)c1cncc(C(=O)Cl)n1. The molecule has 1 heterocycles. The molecule has 0 aliphatic rings. The number of carbonyl (C=O) groups excluding carboxylic acids is 2. The van der Waals surface area contributed by atoms with Gasteiger partial charge in [0.15, 0.2) is 0 Å². The highest BCUT2D eigenvalue weighted by molar-refractivity contribution is 6.68. The van der Waals surface area contributed by atoms with Crippen LogP contribution in [0.1, 0.15) is 21.0 Å². The molecule has 0 atom stereocenters. The van der Waals surface area contributed by atoms with Gasteiger partial charge in [-0.25, -0.2) is 4.98 Å². The number of halogens is 2. The highest BCUT2D eigenvalue weighted by Crippen LogP contribution is 2.02. The Kier molecular flexibility index (Phi) is 2.73. The first-order chi connectivity index (χ1) is 5.61. The average Bonchev–Trinajstić information content (AvgIpc) is 2.04. The van der Waals surface area contributed by atoms with Crippen LogP contribution >= 0.6 is 23.2 Å². The normalized spacial score (nSPS) is 9.50. The molecule has 1 rings (SSSR count). The molecular weight excluding hydrogens is 203 g/mol. The van der Waals surface area contributed by atoms with Gasteiger partial charge < -0.3 is 0 Å². The van der Waals surface area contributed by atoms with Crippen LogP contribution in [-0.2, 0) is 0 Å². The van der Waals surface area contributed by atoms with Crippen molar-refractivity contribution in [2.45, 2.75) is 0 Å². The topological polar surface area (TPSA) is 59.9 Å². The van der Waals surface area contributed by atoms with E-state index in [1.807, 2.05) is 0 Å². The monoisotopic (exact) mass is 204 g/mol. The minimum Gasteiger partial charge on any atom is -0.274 e. The van der Waals surface area contributed by atoms with E-state index in [2.05, 4.69) is 9.97 Å². The quantitative estimate of drug-likeness (QED) is 0.681. The summed E-state index contributed by atoms with van der Waals surface area (Å²) in [6.07, 6.45) is 2.30. The summed E-state index contributed by atoms with van der Waals surface area (Å²) in [4.78, 5) is 28.2. The molecule has 0 bridgehead atoms. The van der Waals surface area contributed by atoms with Crippen LogP contribution in [0.25, 0.3) is 0 Å². The number of rotatable bonds is 2. The van der Waals surface area contributed by atoms with Crippen LogP contribution < -0.4 is 0 Å². The fourth-order valence-electron chi connectivity index (χ4n) is 0.555. The second kappa shape index (κ2) is 3.60. The minimum absolute atomic E-state index is 0.0943. The van der Waals surface area contributed by atoms with Gasteiger partial charge in [0.2, 0.25) is 0 Å². The van der Waals surface area contributed by atoms with Crippen molar-refractivity contribution in [2.24, 2.45) is 0 Å². The van der Waals surface area contributed by atoms with Crippen molar-refractivity contribution in [3.05, 3.63) is 23.8 Å². The zero-order valence-corrected chi connectivity index (χ0v) is 7.13. The summed E-state index contributed by atoms with van der Waals surface area (Å²) in [5.74, 6) is 0. The maximum absolute atomic E-state index is 10.5. The third-order valence-corrected chi connectivity index (χ3v) is 1.42. The molecule has 1 aromatic heterocycles. The van der Waals surface area contributed by atoms with Gasteiger partial charge in [-0.2, -0.15) is 0 Å². The number of hydrogen-bond donors (Lipinski definition) is 0. The Hall–Kier alpha value is -1.00. The molecule has 12 heavy (non-hydrogen) atoms. The first-order valence-corrected chi connectivity index (χ1v) is 3.58. The van der Waals surface area contributed by atoms with E-state index in [1.165, 1.54) is 0 Å². The second-order valence-corrected chi connectivity index (χ2v) is 2.52. The summed E-state index contributed by atoms with van der Waals surface area (Å²) in [6.45, 7) is 0. The van der Waals surface area contributed by atoms with Crippen LogP contribution in [0.5, 0.6) is 0 Å². The molecule has 0 radical (unpaired) electrons. The van der Waals surface area contributed by atoms with Crippen LogP contribution in [0.3, 0.4) is 0 Å². The number of nitrogens with zero attached hydrogens (tertiary/aromatic N) is 2. The van der Waals surface area contributed by atoms with Crippen LogP contribution in [0.2, 0.25) is 0 Å². The number of hydrogen-bond acceptors (Lipinski definition) is 4. The Labute approximate surface area is 77.5 Å². The van der Waals surface area contributed by atoms with Crippen molar-refractivity contribution in [1.29, 1.82) is 0 Å². The predicted octanol–water partition coefficient (Wildman–Crippen LogP) is 1.23. The van der Waals surface area contributed by atoms with Gasteiger partial charge in [0.1, 0.15) is 11.4 Å². The molecule has 62 valence electrons. The maximum atomic E-state index is 10.5. The molecule has 6 heteroatoms. The Morgan fingerprint density at radius 1 is 1.08 bits per heavy atom. The van der Waals surface area contributed by atoms with Crippen LogP contribution in [0, 0.1) is 0 Å². The molecule has 0 saturated heterocycles. The molecule has 0 saturated carbocycles. The molecule has 0 spiro atoms. The van der Waals surface area contributed by atoms with Gasteiger partial charge in [-0.3, -0.25) is 14.6 Å². The van der Waals surface area contributed by atoms with Crippen molar-refractivity contribution in [2.75, 3.05) is 0 Å². The molecule has 0 aliphatic carbocycles. The standard InChI is InChI=1S/C6H2Cl2N2O2/c7-5(11)3-1-9-2-4(10-3)6(8)12/h1-2H. The number of carbonyl (C=O) groups is 2. The van der Waals surface area contributed by atoms with Crippen LogP contribution in [-0.4, -0.2) is 20.5 Å². The van der Waals surface area contributed by atoms with E-state index in [1.54, 1.807) is 0 Å².